The van der Waals surface area contributed by atoms with E-state index in [1.54, 1.807) is 19.1 Å². The fourth-order valence-corrected chi connectivity index (χ4v) is 3.39. The zero-order valence-corrected chi connectivity index (χ0v) is 16.9. The summed E-state index contributed by atoms with van der Waals surface area (Å²) in [5.74, 6) is -0.684. The van der Waals surface area contributed by atoms with Crippen molar-refractivity contribution in [3.8, 4) is 0 Å². The number of halogens is 1. The average molecular weight is 399 g/mol. The second-order valence-electron chi connectivity index (χ2n) is 7.34. The first-order valence-corrected chi connectivity index (χ1v) is 9.63. The minimum atomic E-state index is -0.558. The van der Waals surface area contributed by atoms with Crippen LogP contribution in [-0.2, 0) is 9.53 Å². The highest BCUT2D eigenvalue weighted by atomic mass is 19.1. The molecule has 1 fully saturated rings. The van der Waals surface area contributed by atoms with Crippen molar-refractivity contribution >= 4 is 17.6 Å². The van der Waals surface area contributed by atoms with E-state index in [0.29, 0.717) is 25.4 Å². The first-order valence-electron chi connectivity index (χ1n) is 9.63. The second kappa shape index (κ2) is 9.15. The summed E-state index contributed by atoms with van der Waals surface area (Å²) in [7, 11) is 0. The monoisotopic (exact) mass is 399 g/mol. The van der Waals surface area contributed by atoms with Crippen molar-refractivity contribution in [1.82, 2.24) is 10.2 Å². The summed E-state index contributed by atoms with van der Waals surface area (Å²) in [5.41, 5.74) is 3.55. The quantitative estimate of drug-likeness (QED) is 0.825. The average Bonchev–Trinajstić information content (AvgIpc) is 2.70. The minimum Gasteiger partial charge on any atom is -0.371 e. The van der Waals surface area contributed by atoms with Crippen LogP contribution < -0.4 is 10.6 Å². The van der Waals surface area contributed by atoms with E-state index in [1.165, 1.54) is 12.1 Å². The van der Waals surface area contributed by atoms with Crippen LogP contribution in [0.3, 0.4) is 0 Å². The molecule has 0 radical (unpaired) electrons. The Bertz CT molecular complexity index is 885. The predicted molar refractivity (Wildman–Crippen MR) is 109 cm³/mol. The van der Waals surface area contributed by atoms with Gasteiger partial charge in [0.15, 0.2) is 0 Å². The van der Waals surface area contributed by atoms with E-state index in [-0.39, 0.29) is 17.8 Å². The third-order valence-corrected chi connectivity index (χ3v) is 5.13. The molecule has 0 aromatic heterocycles. The van der Waals surface area contributed by atoms with Gasteiger partial charge in [-0.25, -0.2) is 9.18 Å². The minimum absolute atomic E-state index is 0.247. The molecule has 1 aliphatic rings. The van der Waals surface area contributed by atoms with Crippen LogP contribution in [0.25, 0.3) is 0 Å². The Morgan fingerprint density at radius 1 is 1.17 bits per heavy atom. The SMILES string of the molecule is Cc1ccc(NC(=O)NC(=O)C(C)N2CCOC(c3ccc(F)cc3)C2)c(C)c1. The van der Waals surface area contributed by atoms with Gasteiger partial charge in [0.25, 0.3) is 0 Å². The number of morpholine rings is 1. The highest BCUT2D eigenvalue weighted by molar-refractivity contribution is 6.03. The van der Waals surface area contributed by atoms with E-state index in [4.69, 9.17) is 4.74 Å². The molecule has 2 aromatic carbocycles. The third-order valence-electron chi connectivity index (χ3n) is 5.13. The number of ether oxygens (including phenoxy) is 1. The molecule has 7 heteroatoms. The maximum Gasteiger partial charge on any atom is 0.325 e. The number of hydrogen-bond acceptors (Lipinski definition) is 4. The summed E-state index contributed by atoms with van der Waals surface area (Å²) in [6, 6.07) is 10.8. The van der Waals surface area contributed by atoms with Crippen molar-refractivity contribution in [3.63, 3.8) is 0 Å². The number of anilines is 1. The Hall–Kier alpha value is -2.77. The Morgan fingerprint density at radius 2 is 1.90 bits per heavy atom. The lowest BCUT2D eigenvalue weighted by Crippen LogP contribution is -2.52. The summed E-state index contributed by atoms with van der Waals surface area (Å²) < 4.78 is 18.9. The van der Waals surface area contributed by atoms with E-state index >= 15 is 0 Å². The molecule has 0 bridgehead atoms. The predicted octanol–water partition coefficient (Wildman–Crippen LogP) is 3.55. The van der Waals surface area contributed by atoms with Crippen molar-refractivity contribution in [2.75, 3.05) is 25.0 Å². The molecular weight excluding hydrogens is 373 g/mol. The van der Waals surface area contributed by atoms with Crippen LogP contribution in [0.4, 0.5) is 14.9 Å². The molecule has 2 aromatic rings. The van der Waals surface area contributed by atoms with Crippen LogP contribution in [0.1, 0.15) is 29.7 Å². The van der Waals surface area contributed by atoms with E-state index in [0.717, 1.165) is 16.7 Å². The second-order valence-corrected chi connectivity index (χ2v) is 7.34. The maximum absolute atomic E-state index is 13.1. The van der Waals surface area contributed by atoms with Gasteiger partial charge in [-0.1, -0.05) is 29.8 Å². The molecule has 2 atom stereocenters. The zero-order chi connectivity index (χ0) is 21.0. The van der Waals surface area contributed by atoms with Crippen LogP contribution in [0.5, 0.6) is 0 Å². The number of urea groups is 1. The van der Waals surface area contributed by atoms with Crippen LogP contribution in [0.15, 0.2) is 42.5 Å². The molecule has 29 heavy (non-hydrogen) atoms. The number of benzene rings is 2. The van der Waals surface area contributed by atoms with Gasteiger partial charge in [0.2, 0.25) is 5.91 Å². The highest BCUT2D eigenvalue weighted by Crippen LogP contribution is 2.23. The molecule has 154 valence electrons. The largest absolute Gasteiger partial charge is 0.371 e. The Morgan fingerprint density at radius 3 is 2.59 bits per heavy atom. The van der Waals surface area contributed by atoms with Crippen molar-refractivity contribution in [3.05, 3.63) is 65.0 Å². The van der Waals surface area contributed by atoms with E-state index in [9.17, 15) is 14.0 Å². The molecule has 1 saturated heterocycles. The van der Waals surface area contributed by atoms with Crippen molar-refractivity contribution < 1.29 is 18.7 Å². The van der Waals surface area contributed by atoms with Gasteiger partial charge in [0.1, 0.15) is 5.82 Å². The van der Waals surface area contributed by atoms with Crippen molar-refractivity contribution in [2.24, 2.45) is 0 Å². The number of rotatable bonds is 4. The lowest BCUT2D eigenvalue weighted by atomic mass is 10.1. The first kappa shape index (κ1) is 21.0. The van der Waals surface area contributed by atoms with E-state index in [2.05, 4.69) is 10.6 Å². The van der Waals surface area contributed by atoms with Crippen molar-refractivity contribution in [1.29, 1.82) is 0 Å². The molecule has 2 N–H and O–H groups in total. The van der Waals surface area contributed by atoms with Gasteiger partial charge < -0.3 is 10.1 Å². The third kappa shape index (κ3) is 5.40. The van der Waals surface area contributed by atoms with Gasteiger partial charge in [0.05, 0.1) is 18.8 Å². The molecule has 6 nitrogen and oxygen atoms in total. The zero-order valence-electron chi connectivity index (χ0n) is 16.9. The molecular formula is C22H26FN3O3. The van der Waals surface area contributed by atoms with Crippen molar-refractivity contribution in [2.45, 2.75) is 32.9 Å². The number of hydrogen-bond donors (Lipinski definition) is 2. The smallest absolute Gasteiger partial charge is 0.325 e. The van der Waals surface area contributed by atoms with Crippen LogP contribution in [-0.4, -0.2) is 42.6 Å². The van der Waals surface area contributed by atoms with Gasteiger partial charge in [0, 0.05) is 18.8 Å². The lowest BCUT2D eigenvalue weighted by Gasteiger charge is -2.36. The van der Waals surface area contributed by atoms with Gasteiger partial charge in [-0.2, -0.15) is 0 Å². The van der Waals surface area contributed by atoms with Crippen LogP contribution in [0, 0.1) is 19.7 Å². The van der Waals surface area contributed by atoms with E-state index in [1.807, 2.05) is 36.9 Å². The molecule has 2 unspecified atom stereocenters. The maximum atomic E-state index is 13.1. The van der Waals surface area contributed by atoms with Crippen LogP contribution >= 0.6 is 0 Å². The summed E-state index contributed by atoms with van der Waals surface area (Å²) >= 11 is 0. The topological polar surface area (TPSA) is 70.7 Å². The summed E-state index contributed by atoms with van der Waals surface area (Å²) in [4.78, 5) is 26.8. The fourth-order valence-electron chi connectivity index (χ4n) is 3.39. The first-order chi connectivity index (χ1) is 13.8. The van der Waals surface area contributed by atoms with E-state index < -0.39 is 12.1 Å². The van der Waals surface area contributed by atoms with Gasteiger partial charge >= 0.3 is 6.03 Å². The molecule has 1 heterocycles. The number of nitrogens with zero attached hydrogens (tertiary/aromatic N) is 1. The number of carbonyl (C=O) groups is 2. The number of amides is 3. The number of aryl methyl sites for hydroxylation is 2. The molecule has 0 saturated carbocycles. The van der Waals surface area contributed by atoms with Gasteiger partial charge in [-0.15, -0.1) is 0 Å². The van der Waals surface area contributed by atoms with Crippen LogP contribution in [0.2, 0.25) is 0 Å². The lowest BCUT2D eigenvalue weighted by molar-refractivity contribution is -0.128. The summed E-state index contributed by atoms with van der Waals surface area (Å²) in [6.45, 7) is 7.14. The molecule has 3 amide bonds. The fraction of sp³-hybridized carbons (Fsp3) is 0.364. The Kier molecular flexibility index (Phi) is 6.61. The standard InChI is InChI=1S/C22H26FN3O3/c1-14-4-9-19(15(2)12-14)24-22(28)25-21(27)16(3)26-10-11-29-20(13-26)17-5-7-18(23)8-6-17/h4-9,12,16,20H,10-11,13H2,1-3H3,(H2,24,25,27,28). The molecule has 3 rings (SSSR count). The molecule has 1 aliphatic heterocycles. The molecule has 0 spiro atoms. The number of nitrogens with one attached hydrogen (secondary N) is 2. The van der Waals surface area contributed by atoms with Gasteiger partial charge in [-0.05, 0) is 50.1 Å². The summed E-state index contributed by atoms with van der Waals surface area (Å²) in [5, 5.41) is 5.12. The van der Waals surface area contributed by atoms with Gasteiger partial charge in [-0.3, -0.25) is 15.0 Å². The normalized spacial score (nSPS) is 18.1. The molecule has 0 aliphatic carbocycles. The number of imide groups is 1. The Balaban J connectivity index is 1.57. The summed E-state index contributed by atoms with van der Waals surface area (Å²) in [6.07, 6.45) is -0.247. The number of carbonyl (C=O) groups excluding carboxylic acids is 2. The highest BCUT2D eigenvalue weighted by Gasteiger charge is 2.29. The Labute approximate surface area is 170 Å².